The molecule has 0 saturated heterocycles. The Hall–Kier alpha value is -2.72. The molecule has 0 radical (unpaired) electrons. The minimum Gasteiger partial charge on any atom is -0.494 e. The van der Waals surface area contributed by atoms with E-state index in [4.69, 9.17) is 4.74 Å². The number of aromatic nitrogens is 1. The molecule has 2 aromatic carbocycles. The van der Waals surface area contributed by atoms with Crippen molar-refractivity contribution in [2.45, 2.75) is 51.3 Å². The number of rotatable bonds is 9. The number of H-pyrrole nitrogens is 1. The normalized spacial score (nSPS) is 12.5. The van der Waals surface area contributed by atoms with Crippen LogP contribution in [0.15, 0.2) is 41.3 Å². The highest BCUT2D eigenvalue weighted by Crippen LogP contribution is 2.31. The SMILES string of the molecule is CCOc1ccc(S(=O)(=O)NCCc2c(C)[nH]c3ccc(OC(F)(F)F)cc23)cc1C(C)C. The Morgan fingerprint density at radius 1 is 1.12 bits per heavy atom. The van der Waals surface area contributed by atoms with Crippen LogP contribution in [0.2, 0.25) is 0 Å². The average molecular weight is 485 g/mol. The monoisotopic (exact) mass is 484 g/mol. The molecule has 33 heavy (non-hydrogen) atoms. The highest BCUT2D eigenvalue weighted by atomic mass is 32.2. The molecule has 3 aromatic rings. The molecule has 0 fully saturated rings. The summed E-state index contributed by atoms with van der Waals surface area (Å²) < 4.78 is 75.6. The molecule has 2 N–H and O–H groups in total. The topological polar surface area (TPSA) is 80.4 Å². The lowest BCUT2D eigenvalue weighted by atomic mass is 10.0. The maximum Gasteiger partial charge on any atom is 0.573 e. The minimum atomic E-state index is -4.79. The Bertz CT molecular complexity index is 1230. The van der Waals surface area contributed by atoms with Crippen LogP contribution in [0.25, 0.3) is 10.9 Å². The predicted octanol–water partition coefficient (Wildman–Crippen LogP) is 5.42. The molecule has 0 saturated carbocycles. The summed E-state index contributed by atoms with van der Waals surface area (Å²) in [5, 5.41) is 0.552. The van der Waals surface area contributed by atoms with Gasteiger partial charge in [-0.2, -0.15) is 0 Å². The van der Waals surface area contributed by atoms with Crippen LogP contribution in [0.1, 0.15) is 43.5 Å². The number of benzene rings is 2. The fourth-order valence-electron chi connectivity index (χ4n) is 3.71. The summed E-state index contributed by atoms with van der Waals surface area (Å²) >= 11 is 0. The molecule has 0 aliphatic rings. The van der Waals surface area contributed by atoms with Crippen LogP contribution in [-0.4, -0.2) is 32.9 Å². The zero-order valence-corrected chi connectivity index (χ0v) is 19.7. The van der Waals surface area contributed by atoms with Crippen molar-refractivity contribution in [2.24, 2.45) is 0 Å². The number of fused-ring (bicyclic) bond motifs is 1. The fourth-order valence-corrected chi connectivity index (χ4v) is 4.77. The average Bonchev–Trinajstić information content (AvgIpc) is 3.01. The number of alkyl halides is 3. The van der Waals surface area contributed by atoms with Gasteiger partial charge >= 0.3 is 6.36 Å². The van der Waals surface area contributed by atoms with Crippen LogP contribution in [0.5, 0.6) is 11.5 Å². The zero-order chi connectivity index (χ0) is 24.4. The highest BCUT2D eigenvalue weighted by molar-refractivity contribution is 7.89. The van der Waals surface area contributed by atoms with Crippen LogP contribution in [0, 0.1) is 6.92 Å². The van der Waals surface area contributed by atoms with Crippen LogP contribution < -0.4 is 14.2 Å². The highest BCUT2D eigenvalue weighted by Gasteiger charge is 2.31. The molecule has 0 aliphatic heterocycles. The smallest absolute Gasteiger partial charge is 0.494 e. The Balaban J connectivity index is 1.78. The lowest BCUT2D eigenvalue weighted by molar-refractivity contribution is -0.274. The molecular formula is C23H27F3N2O4S. The summed E-state index contributed by atoms with van der Waals surface area (Å²) in [4.78, 5) is 3.24. The van der Waals surface area contributed by atoms with Gasteiger partial charge in [-0.05, 0) is 73.7 Å². The molecule has 0 unspecified atom stereocenters. The first-order chi connectivity index (χ1) is 15.4. The molecule has 10 heteroatoms. The third-order valence-corrected chi connectivity index (χ3v) is 6.66. The van der Waals surface area contributed by atoms with Gasteiger partial charge in [-0.15, -0.1) is 13.2 Å². The minimum absolute atomic E-state index is 0.0729. The molecule has 0 bridgehead atoms. The van der Waals surface area contributed by atoms with E-state index in [1.54, 1.807) is 19.1 Å². The number of sulfonamides is 1. The van der Waals surface area contributed by atoms with E-state index in [0.29, 0.717) is 23.3 Å². The van der Waals surface area contributed by atoms with Crippen molar-refractivity contribution in [2.75, 3.05) is 13.2 Å². The molecule has 3 rings (SSSR count). The Kier molecular flexibility index (Phi) is 7.28. The van der Waals surface area contributed by atoms with Gasteiger partial charge in [0.15, 0.2) is 0 Å². The molecular weight excluding hydrogens is 457 g/mol. The first-order valence-electron chi connectivity index (χ1n) is 10.5. The lowest BCUT2D eigenvalue weighted by Crippen LogP contribution is -2.26. The third kappa shape index (κ3) is 6.00. The van der Waals surface area contributed by atoms with Gasteiger partial charge in [0.2, 0.25) is 10.0 Å². The second kappa shape index (κ2) is 9.64. The van der Waals surface area contributed by atoms with Crippen LogP contribution >= 0.6 is 0 Å². The van der Waals surface area contributed by atoms with Crippen LogP contribution in [-0.2, 0) is 16.4 Å². The van der Waals surface area contributed by atoms with E-state index in [2.05, 4.69) is 14.4 Å². The van der Waals surface area contributed by atoms with E-state index in [9.17, 15) is 21.6 Å². The predicted molar refractivity (Wildman–Crippen MR) is 120 cm³/mol. The van der Waals surface area contributed by atoms with Crippen molar-refractivity contribution in [3.8, 4) is 11.5 Å². The number of aryl methyl sites for hydroxylation is 1. The van der Waals surface area contributed by atoms with Gasteiger partial charge in [-0.25, -0.2) is 13.1 Å². The summed E-state index contributed by atoms with van der Waals surface area (Å²) in [6, 6.07) is 8.80. The van der Waals surface area contributed by atoms with E-state index >= 15 is 0 Å². The molecule has 1 heterocycles. The van der Waals surface area contributed by atoms with E-state index < -0.39 is 16.4 Å². The van der Waals surface area contributed by atoms with Gasteiger partial charge in [0.05, 0.1) is 11.5 Å². The summed E-state index contributed by atoms with van der Waals surface area (Å²) in [6.07, 6.45) is -4.50. The van der Waals surface area contributed by atoms with E-state index in [-0.39, 0.29) is 29.5 Å². The Morgan fingerprint density at radius 3 is 2.48 bits per heavy atom. The van der Waals surface area contributed by atoms with Crippen LogP contribution in [0.3, 0.4) is 0 Å². The molecule has 0 aliphatic carbocycles. The van der Waals surface area contributed by atoms with Crippen molar-refractivity contribution in [3.63, 3.8) is 0 Å². The fraction of sp³-hybridized carbons (Fsp3) is 0.391. The number of nitrogens with one attached hydrogen (secondary N) is 2. The Morgan fingerprint density at radius 2 is 1.85 bits per heavy atom. The Labute approximate surface area is 191 Å². The van der Waals surface area contributed by atoms with Crippen molar-refractivity contribution >= 4 is 20.9 Å². The molecule has 0 spiro atoms. The molecule has 6 nitrogen and oxygen atoms in total. The van der Waals surface area contributed by atoms with E-state index in [0.717, 1.165) is 16.8 Å². The van der Waals surface area contributed by atoms with Crippen LogP contribution in [0.4, 0.5) is 13.2 Å². The maximum atomic E-state index is 12.9. The first kappa shape index (κ1) is 24.9. The zero-order valence-electron chi connectivity index (χ0n) is 18.8. The standard InChI is InChI=1S/C23H27F3N2O4S/c1-5-31-22-9-7-17(13-19(22)14(2)3)33(29,30)27-11-10-18-15(4)28-21-8-6-16(12-20(18)21)32-23(24,25)26/h6-9,12-14,27-28H,5,10-11H2,1-4H3. The molecule has 180 valence electrons. The number of ether oxygens (including phenoxy) is 2. The quantitative estimate of drug-likeness (QED) is 0.425. The van der Waals surface area contributed by atoms with Gasteiger partial charge in [-0.1, -0.05) is 13.8 Å². The van der Waals surface area contributed by atoms with Crippen molar-refractivity contribution in [1.82, 2.24) is 9.71 Å². The van der Waals surface area contributed by atoms with Gasteiger partial charge < -0.3 is 14.5 Å². The van der Waals surface area contributed by atoms with Gasteiger partial charge in [0.1, 0.15) is 11.5 Å². The maximum absolute atomic E-state index is 12.9. The van der Waals surface area contributed by atoms with Crippen molar-refractivity contribution in [3.05, 3.63) is 53.2 Å². The molecule has 1 aromatic heterocycles. The van der Waals surface area contributed by atoms with Crippen molar-refractivity contribution < 1.29 is 31.1 Å². The van der Waals surface area contributed by atoms with Gasteiger partial charge in [0.25, 0.3) is 0 Å². The van der Waals surface area contributed by atoms with Gasteiger partial charge in [-0.3, -0.25) is 0 Å². The summed E-state index contributed by atoms with van der Waals surface area (Å²) in [5.74, 6) is 0.396. The summed E-state index contributed by atoms with van der Waals surface area (Å²) in [6.45, 7) is 8.11. The first-order valence-corrected chi connectivity index (χ1v) is 12.0. The lowest BCUT2D eigenvalue weighted by Gasteiger charge is -2.15. The van der Waals surface area contributed by atoms with E-state index in [1.165, 1.54) is 24.3 Å². The molecule has 0 amide bonds. The number of hydrogen-bond acceptors (Lipinski definition) is 4. The number of halogens is 3. The summed E-state index contributed by atoms with van der Waals surface area (Å²) in [5.41, 5.74) is 2.91. The second-order valence-electron chi connectivity index (χ2n) is 7.92. The number of hydrogen-bond donors (Lipinski definition) is 2. The number of aromatic amines is 1. The van der Waals surface area contributed by atoms with E-state index in [1.807, 2.05) is 20.8 Å². The van der Waals surface area contributed by atoms with Crippen molar-refractivity contribution in [1.29, 1.82) is 0 Å². The second-order valence-corrected chi connectivity index (χ2v) is 9.69. The largest absolute Gasteiger partial charge is 0.573 e. The third-order valence-electron chi connectivity index (χ3n) is 5.21. The summed E-state index contributed by atoms with van der Waals surface area (Å²) in [7, 11) is -3.79. The van der Waals surface area contributed by atoms with Gasteiger partial charge in [0, 0.05) is 23.1 Å². The molecule has 0 atom stereocenters.